The van der Waals surface area contributed by atoms with Crippen LogP contribution in [0.2, 0.25) is 0 Å². The van der Waals surface area contributed by atoms with Crippen molar-refractivity contribution in [2.75, 3.05) is 13.1 Å². The van der Waals surface area contributed by atoms with Gasteiger partial charge in [0.2, 0.25) is 0 Å². The summed E-state index contributed by atoms with van der Waals surface area (Å²) in [6, 6.07) is 0. The summed E-state index contributed by atoms with van der Waals surface area (Å²) in [5.74, 6) is 0. The van der Waals surface area contributed by atoms with Gasteiger partial charge in [-0.15, -0.1) is 0 Å². The van der Waals surface area contributed by atoms with Crippen molar-refractivity contribution in [1.82, 2.24) is 5.32 Å². The summed E-state index contributed by atoms with van der Waals surface area (Å²) in [4.78, 5) is 3.11. The molecule has 1 saturated heterocycles. The van der Waals surface area contributed by atoms with E-state index in [9.17, 15) is 0 Å². The smallest absolute Gasteiger partial charge is 0.155 e. The first-order chi connectivity index (χ1) is 3.43. The minimum atomic E-state index is 0.919. The molecule has 0 aromatic carbocycles. The van der Waals surface area contributed by atoms with Crippen LogP contribution in [0.25, 0.3) is 4.85 Å². The molecule has 0 bridgehead atoms. The van der Waals surface area contributed by atoms with E-state index in [0.717, 1.165) is 13.1 Å². The lowest BCUT2D eigenvalue weighted by atomic mass is 10.2. The fourth-order valence-electron chi connectivity index (χ4n) is 0.452. The summed E-state index contributed by atoms with van der Waals surface area (Å²) < 4.78 is 0. The molecule has 0 atom stereocenters. The van der Waals surface area contributed by atoms with Crippen molar-refractivity contribution in [2.24, 2.45) is 0 Å². The van der Waals surface area contributed by atoms with Gasteiger partial charge in [-0.05, 0) is 5.57 Å². The summed E-state index contributed by atoms with van der Waals surface area (Å²) >= 11 is 0. The molecule has 0 spiro atoms. The Kier molecular flexibility index (Phi) is 1.10. The molecule has 1 aliphatic heterocycles. The van der Waals surface area contributed by atoms with Gasteiger partial charge in [0.1, 0.15) is 0 Å². The normalized spacial score (nSPS) is 17.3. The Morgan fingerprint density at radius 1 is 1.71 bits per heavy atom. The maximum absolute atomic E-state index is 6.39. The fourth-order valence-corrected chi connectivity index (χ4v) is 0.452. The standard InChI is InChI=1S/C5H6N2/c1-6-2-5-3-7-4-5/h2,7H,3-4H2. The lowest BCUT2D eigenvalue weighted by Crippen LogP contribution is -2.33. The van der Waals surface area contributed by atoms with Crippen LogP contribution < -0.4 is 5.32 Å². The van der Waals surface area contributed by atoms with E-state index in [1.54, 1.807) is 6.20 Å². The lowest BCUT2D eigenvalue weighted by Gasteiger charge is -2.16. The molecular weight excluding hydrogens is 88.1 g/mol. The molecule has 1 heterocycles. The Balaban J connectivity index is 2.41. The molecule has 1 N–H and O–H groups in total. The van der Waals surface area contributed by atoms with E-state index in [2.05, 4.69) is 10.2 Å². The Labute approximate surface area is 42.7 Å². The molecule has 1 aliphatic rings. The van der Waals surface area contributed by atoms with Crippen LogP contribution in [0, 0.1) is 6.57 Å². The molecule has 2 heteroatoms. The van der Waals surface area contributed by atoms with Gasteiger partial charge in [-0.2, -0.15) is 0 Å². The van der Waals surface area contributed by atoms with Crippen molar-refractivity contribution in [2.45, 2.75) is 0 Å². The number of hydrogen-bond acceptors (Lipinski definition) is 1. The zero-order valence-corrected chi connectivity index (χ0v) is 3.94. The number of nitrogens with zero attached hydrogens (tertiary/aromatic N) is 1. The quantitative estimate of drug-likeness (QED) is 0.429. The highest BCUT2D eigenvalue weighted by Gasteiger charge is 2.03. The zero-order chi connectivity index (χ0) is 5.11. The first kappa shape index (κ1) is 4.35. The van der Waals surface area contributed by atoms with E-state index in [4.69, 9.17) is 6.57 Å². The van der Waals surface area contributed by atoms with Crippen molar-refractivity contribution in [3.05, 3.63) is 23.2 Å². The summed E-state index contributed by atoms with van der Waals surface area (Å²) in [6.07, 6.45) is 1.58. The second-order valence-corrected chi connectivity index (χ2v) is 1.52. The fraction of sp³-hybridized carbons (Fsp3) is 0.400. The van der Waals surface area contributed by atoms with Crippen molar-refractivity contribution < 1.29 is 0 Å². The lowest BCUT2D eigenvalue weighted by molar-refractivity contribution is 0.668. The second kappa shape index (κ2) is 1.76. The Morgan fingerprint density at radius 3 is 2.57 bits per heavy atom. The second-order valence-electron chi connectivity index (χ2n) is 1.52. The number of hydrogen-bond donors (Lipinski definition) is 1. The van der Waals surface area contributed by atoms with Gasteiger partial charge in [0.05, 0.1) is 6.57 Å². The molecule has 0 aromatic heterocycles. The molecule has 1 fully saturated rings. The average Bonchev–Trinajstić information content (AvgIpc) is 1.55. The summed E-state index contributed by atoms with van der Waals surface area (Å²) in [5, 5.41) is 3.03. The Hall–Kier alpha value is -0.810. The predicted molar refractivity (Wildman–Crippen MR) is 27.6 cm³/mol. The summed E-state index contributed by atoms with van der Waals surface area (Å²) in [5.41, 5.74) is 1.22. The highest BCUT2D eigenvalue weighted by molar-refractivity contribution is 5.16. The van der Waals surface area contributed by atoms with Crippen LogP contribution in [0.1, 0.15) is 0 Å². The van der Waals surface area contributed by atoms with Gasteiger partial charge in [-0.3, -0.25) is 0 Å². The van der Waals surface area contributed by atoms with E-state index in [1.807, 2.05) is 0 Å². The average molecular weight is 94.1 g/mol. The Morgan fingerprint density at radius 2 is 2.43 bits per heavy atom. The predicted octanol–water partition coefficient (Wildman–Crippen LogP) is 0.393. The Bertz CT molecular complexity index is 124. The number of rotatable bonds is 0. The third-order valence-electron chi connectivity index (χ3n) is 0.951. The van der Waals surface area contributed by atoms with Crippen LogP contribution in [0.5, 0.6) is 0 Å². The van der Waals surface area contributed by atoms with Crippen LogP contribution >= 0.6 is 0 Å². The third kappa shape index (κ3) is 0.787. The van der Waals surface area contributed by atoms with Crippen molar-refractivity contribution in [3.63, 3.8) is 0 Å². The van der Waals surface area contributed by atoms with Crippen molar-refractivity contribution in [1.29, 1.82) is 0 Å². The van der Waals surface area contributed by atoms with Crippen LogP contribution in [0.4, 0.5) is 0 Å². The number of nitrogens with one attached hydrogen (secondary N) is 1. The van der Waals surface area contributed by atoms with Gasteiger partial charge in [-0.1, -0.05) is 0 Å². The van der Waals surface area contributed by atoms with Crippen LogP contribution in [-0.4, -0.2) is 13.1 Å². The molecule has 0 radical (unpaired) electrons. The first-order valence-corrected chi connectivity index (χ1v) is 2.18. The van der Waals surface area contributed by atoms with Crippen molar-refractivity contribution in [3.8, 4) is 0 Å². The van der Waals surface area contributed by atoms with Crippen molar-refractivity contribution >= 4 is 0 Å². The van der Waals surface area contributed by atoms with Gasteiger partial charge >= 0.3 is 0 Å². The molecule has 1 rings (SSSR count). The minimum absolute atomic E-state index is 0.919. The molecule has 0 amide bonds. The minimum Gasteiger partial charge on any atom is -0.312 e. The molecule has 36 valence electrons. The van der Waals surface area contributed by atoms with Gasteiger partial charge in [-0.25, -0.2) is 4.85 Å². The highest BCUT2D eigenvalue weighted by atomic mass is 14.9. The molecule has 0 aromatic rings. The highest BCUT2D eigenvalue weighted by Crippen LogP contribution is 1.98. The maximum atomic E-state index is 6.39. The molecule has 0 unspecified atom stereocenters. The van der Waals surface area contributed by atoms with Gasteiger partial charge in [0, 0.05) is 13.1 Å². The maximum Gasteiger partial charge on any atom is 0.155 e. The molecule has 2 nitrogen and oxygen atoms in total. The van der Waals surface area contributed by atoms with Crippen LogP contribution in [0.15, 0.2) is 11.8 Å². The molecule has 0 saturated carbocycles. The summed E-state index contributed by atoms with van der Waals surface area (Å²) in [7, 11) is 0. The van der Waals surface area contributed by atoms with E-state index >= 15 is 0 Å². The third-order valence-corrected chi connectivity index (χ3v) is 0.951. The largest absolute Gasteiger partial charge is 0.312 e. The van der Waals surface area contributed by atoms with Gasteiger partial charge < -0.3 is 5.32 Å². The van der Waals surface area contributed by atoms with Crippen LogP contribution in [-0.2, 0) is 0 Å². The molecular formula is C5H6N2. The first-order valence-electron chi connectivity index (χ1n) is 2.18. The monoisotopic (exact) mass is 94.1 g/mol. The van der Waals surface area contributed by atoms with E-state index in [1.165, 1.54) is 5.57 Å². The van der Waals surface area contributed by atoms with E-state index in [-0.39, 0.29) is 0 Å². The molecule has 7 heavy (non-hydrogen) atoms. The topological polar surface area (TPSA) is 16.4 Å². The zero-order valence-electron chi connectivity index (χ0n) is 3.94. The SMILES string of the molecule is [C-]#[N+]C=C1CNC1. The van der Waals surface area contributed by atoms with Crippen LogP contribution in [0.3, 0.4) is 0 Å². The molecule has 0 aliphatic carbocycles. The van der Waals surface area contributed by atoms with Gasteiger partial charge in [0.15, 0.2) is 6.20 Å². The van der Waals surface area contributed by atoms with E-state index in [0.29, 0.717) is 0 Å². The summed E-state index contributed by atoms with van der Waals surface area (Å²) in [6.45, 7) is 8.23. The van der Waals surface area contributed by atoms with E-state index < -0.39 is 0 Å². The van der Waals surface area contributed by atoms with Gasteiger partial charge in [0.25, 0.3) is 0 Å².